The van der Waals surface area contributed by atoms with E-state index >= 15 is 0 Å². The second-order valence-corrected chi connectivity index (χ2v) is 5.85. The molecule has 2 N–H and O–H groups in total. The first-order chi connectivity index (χ1) is 8.24. The van der Waals surface area contributed by atoms with Gasteiger partial charge in [0, 0.05) is 6.04 Å². The van der Waals surface area contributed by atoms with Crippen molar-refractivity contribution in [3.05, 3.63) is 0 Å². The van der Waals surface area contributed by atoms with Crippen molar-refractivity contribution >= 4 is 17.7 Å². The van der Waals surface area contributed by atoms with E-state index in [9.17, 15) is 4.79 Å². The molecule has 4 heteroatoms. The van der Waals surface area contributed by atoms with Gasteiger partial charge in [-0.15, -0.1) is 0 Å². The average molecular weight is 258 g/mol. The Hall–Kier alpha value is -0.220. The average Bonchev–Trinajstić information content (AvgIpc) is 2.81. The summed E-state index contributed by atoms with van der Waals surface area (Å²) in [4.78, 5) is 11.8. The predicted molar refractivity (Wildman–Crippen MR) is 75.5 cm³/mol. The van der Waals surface area contributed by atoms with Gasteiger partial charge in [0.05, 0.1) is 6.04 Å². The second-order valence-electron chi connectivity index (χ2n) is 4.87. The SMILES string of the molecule is CSCCCCNC(C)C(=O)NC1CCCC1. The molecule has 0 aromatic carbocycles. The molecule has 3 nitrogen and oxygen atoms in total. The van der Waals surface area contributed by atoms with E-state index in [-0.39, 0.29) is 11.9 Å². The van der Waals surface area contributed by atoms with Gasteiger partial charge < -0.3 is 10.6 Å². The fourth-order valence-electron chi connectivity index (χ4n) is 2.18. The van der Waals surface area contributed by atoms with E-state index in [4.69, 9.17) is 0 Å². The molecule has 0 aliphatic heterocycles. The van der Waals surface area contributed by atoms with Crippen molar-refractivity contribution in [3.63, 3.8) is 0 Å². The van der Waals surface area contributed by atoms with E-state index in [0.717, 1.165) is 25.8 Å². The summed E-state index contributed by atoms with van der Waals surface area (Å²) < 4.78 is 0. The molecular formula is C13H26N2OS. The maximum absolute atomic E-state index is 11.8. The van der Waals surface area contributed by atoms with Gasteiger partial charge in [-0.05, 0) is 51.2 Å². The molecule has 1 unspecified atom stereocenters. The number of rotatable bonds is 8. The lowest BCUT2D eigenvalue weighted by Crippen LogP contribution is -2.45. The highest BCUT2D eigenvalue weighted by Crippen LogP contribution is 2.17. The van der Waals surface area contributed by atoms with Crippen LogP contribution in [0.5, 0.6) is 0 Å². The minimum atomic E-state index is -0.0510. The van der Waals surface area contributed by atoms with Crippen molar-refractivity contribution in [2.24, 2.45) is 0 Å². The Labute approximate surface area is 109 Å². The van der Waals surface area contributed by atoms with E-state index in [1.54, 1.807) is 0 Å². The summed E-state index contributed by atoms with van der Waals surface area (Å²) in [5.74, 6) is 1.38. The molecule has 0 spiro atoms. The third-order valence-electron chi connectivity index (χ3n) is 3.32. The largest absolute Gasteiger partial charge is 0.352 e. The molecule has 0 aromatic rings. The quantitative estimate of drug-likeness (QED) is 0.656. The molecule has 1 atom stereocenters. The maximum Gasteiger partial charge on any atom is 0.237 e. The predicted octanol–water partition coefficient (Wildman–Crippen LogP) is 2.17. The molecule has 0 radical (unpaired) electrons. The monoisotopic (exact) mass is 258 g/mol. The first-order valence-electron chi connectivity index (χ1n) is 6.76. The van der Waals surface area contributed by atoms with E-state index in [1.165, 1.54) is 25.0 Å². The van der Waals surface area contributed by atoms with Crippen molar-refractivity contribution in [2.45, 2.75) is 57.5 Å². The number of unbranched alkanes of at least 4 members (excludes halogenated alkanes) is 1. The van der Waals surface area contributed by atoms with Gasteiger partial charge in [-0.3, -0.25) is 4.79 Å². The first kappa shape index (κ1) is 14.8. The number of nitrogens with one attached hydrogen (secondary N) is 2. The Bertz CT molecular complexity index is 217. The van der Waals surface area contributed by atoms with E-state index in [2.05, 4.69) is 16.9 Å². The van der Waals surface area contributed by atoms with Crippen LogP contribution in [0, 0.1) is 0 Å². The maximum atomic E-state index is 11.8. The molecule has 17 heavy (non-hydrogen) atoms. The zero-order valence-corrected chi connectivity index (χ0v) is 11.9. The summed E-state index contributed by atoms with van der Waals surface area (Å²) in [7, 11) is 0. The van der Waals surface area contributed by atoms with Crippen molar-refractivity contribution in [1.82, 2.24) is 10.6 Å². The summed E-state index contributed by atoms with van der Waals surface area (Å²) >= 11 is 1.88. The Morgan fingerprint density at radius 2 is 2.06 bits per heavy atom. The van der Waals surface area contributed by atoms with Gasteiger partial charge in [-0.25, -0.2) is 0 Å². The van der Waals surface area contributed by atoms with Crippen LogP contribution in [-0.4, -0.2) is 36.5 Å². The molecule has 1 saturated carbocycles. The fourth-order valence-corrected chi connectivity index (χ4v) is 2.67. The summed E-state index contributed by atoms with van der Waals surface area (Å²) in [5.41, 5.74) is 0. The molecular weight excluding hydrogens is 232 g/mol. The highest BCUT2D eigenvalue weighted by molar-refractivity contribution is 7.98. The summed E-state index contributed by atoms with van der Waals surface area (Å²) in [5, 5.41) is 6.42. The highest BCUT2D eigenvalue weighted by Gasteiger charge is 2.19. The van der Waals surface area contributed by atoms with Crippen LogP contribution in [0.25, 0.3) is 0 Å². The zero-order valence-electron chi connectivity index (χ0n) is 11.1. The van der Waals surface area contributed by atoms with Gasteiger partial charge in [0.1, 0.15) is 0 Å². The molecule has 0 heterocycles. The summed E-state index contributed by atoms with van der Waals surface area (Å²) in [6.07, 6.45) is 9.36. The van der Waals surface area contributed by atoms with Crippen LogP contribution >= 0.6 is 11.8 Å². The molecule has 1 aliphatic rings. The lowest BCUT2D eigenvalue weighted by molar-refractivity contribution is -0.123. The minimum Gasteiger partial charge on any atom is -0.352 e. The third kappa shape index (κ3) is 6.32. The molecule has 0 saturated heterocycles. The molecule has 0 aromatic heterocycles. The first-order valence-corrected chi connectivity index (χ1v) is 8.16. The van der Waals surface area contributed by atoms with E-state index < -0.39 is 0 Å². The number of hydrogen-bond acceptors (Lipinski definition) is 3. The topological polar surface area (TPSA) is 41.1 Å². The molecule has 1 aliphatic carbocycles. The van der Waals surface area contributed by atoms with Crippen molar-refractivity contribution in [3.8, 4) is 0 Å². The Balaban J connectivity index is 2.05. The Morgan fingerprint density at radius 1 is 1.35 bits per heavy atom. The van der Waals surface area contributed by atoms with Crippen LogP contribution in [0.15, 0.2) is 0 Å². The van der Waals surface area contributed by atoms with Gasteiger partial charge in [0.2, 0.25) is 5.91 Å². The van der Waals surface area contributed by atoms with E-state index in [1.807, 2.05) is 18.7 Å². The molecule has 100 valence electrons. The Morgan fingerprint density at radius 3 is 2.71 bits per heavy atom. The fraction of sp³-hybridized carbons (Fsp3) is 0.923. The highest BCUT2D eigenvalue weighted by atomic mass is 32.2. The van der Waals surface area contributed by atoms with Gasteiger partial charge >= 0.3 is 0 Å². The van der Waals surface area contributed by atoms with Crippen molar-refractivity contribution < 1.29 is 4.79 Å². The number of thioether (sulfide) groups is 1. The number of carbonyl (C=O) groups excluding carboxylic acids is 1. The normalized spacial score (nSPS) is 18.2. The number of amides is 1. The third-order valence-corrected chi connectivity index (χ3v) is 4.02. The van der Waals surface area contributed by atoms with E-state index in [0.29, 0.717) is 6.04 Å². The lowest BCUT2D eigenvalue weighted by atomic mass is 10.2. The van der Waals surface area contributed by atoms with Gasteiger partial charge in [-0.2, -0.15) is 11.8 Å². The van der Waals surface area contributed by atoms with Crippen LogP contribution in [-0.2, 0) is 4.79 Å². The lowest BCUT2D eigenvalue weighted by Gasteiger charge is -2.17. The minimum absolute atomic E-state index is 0.0510. The Kier molecular flexibility index (Phi) is 7.69. The van der Waals surface area contributed by atoms with Gasteiger partial charge in [-0.1, -0.05) is 12.8 Å². The van der Waals surface area contributed by atoms with Crippen LogP contribution in [0.1, 0.15) is 45.4 Å². The number of hydrogen-bond donors (Lipinski definition) is 2. The van der Waals surface area contributed by atoms with Crippen LogP contribution < -0.4 is 10.6 Å². The van der Waals surface area contributed by atoms with Crippen LogP contribution in [0.3, 0.4) is 0 Å². The summed E-state index contributed by atoms with van der Waals surface area (Å²) in [6.45, 7) is 2.90. The molecule has 1 fully saturated rings. The molecule has 1 amide bonds. The van der Waals surface area contributed by atoms with Gasteiger partial charge in [0.25, 0.3) is 0 Å². The zero-order chi connectivity index (χ0) is 12.5. The summed E-state index contributed by atoms with van der Waals surface area (Å²) in [6, 6.07) is 0.383. The molecule has 0 bridgehead atoms. The van der Waals surface area contributed by atoms with Gasteiger partial charge in [0.15, 0.2) is 0 Å². The van der Waals surface area contributed by atoms with Crippen molar-refractivity contribution in [1.29, 1.82) is 0 Å². The number of carbonyl (C=O) groups is 1. The standard InChI is InChI=1S/C13H26N2OS/c1-11(14-9-5-6-10-17-2)13(16)15-12-7-3-4-8-12/h11-12,14H,3-10H2,1-2H3,(H,15,16). The van der Waals surface area contributed by atoms with Crippen LogP contribution in [0.2, 0.25) is 0 Å². The molecule has 1 rings (SSSR count). The smallest absolute Gasteiger partial charge is 0.237 e. The van der Waals surface area contributed by atoms with Crippen LogP contribution in [0.4, 0.5) is 0 Å². The second kappa shape index (κ2) is 8.81. The van der Waals surface area contributed by atoms with Crippen molar-refractivity contribution in [2.75, 3.05) is 18.6 Å².